The fourth-order valence-electron chi connectivity index (χ4n) is 2.47. The standard InChI is InChI=1S/C19H20ClNO3/c20-15-8-10-16(11-9-15)21(19(23)14-6-7-14)12-17(22)13-24-18-4-2-1-3-5-18/h1-5,8-11,14,17,22H,6-7,12-13H2. The Bertz CT molecular complexity index is 671. The summed E-state index contributed by atoms with van der Waals surface area (Å²) in [6.07, 6.45) is 1.06. The number of carbonyl (C=O) groups is 1. The van der Waals surface area contributed by atoms with Gasteiger partial charge in [-0.1, -0.05) is 29.8 Å². The van der Waals surface area contributed by atoms with Crippen molar-refractivity contribution in [3.63, 3.8) is 0 Å². The quantitative estimate of drug-likeness (QED) is 0.835. The number of amides is 1. The Labute approximate surface area is 146 Å². The average molecular weight is 346 g/mol. The predicted octanol–water partition coefficient (Wildman–Crippen LogP) is 3.52. The summed E-state index contributed by atoms with van der Waals surface area (Å²) in [5, 5.41) is 10.9. The average Bonchev–Trinajstić information content (AvgIpc) is 3.44. The summed E-state index contributed by atoms with van der Waals surface area (Å²) in [5.41, 5.74) is 0.745. The van der Waals surface area contributed by atoms with E-state index in [2.05, 4.69) is 0 Å². The first-order valence-corrected chi connectivity index (χ1v) is 8.44. The molecule has 3 rings (SSSR count). The molecule has 0 bridgehead atoms. The van der Waals surface area contributed by atoms with Crippen molar-refractivity contribution in [1.82, 2.24) is 0 Å². The normalized spacial score (nSPS) is 14.9. The molecule has 0 saturated heterocycles. The molecule has 1 N–H and O–H groups in total. The van der Waals surface area contributed by atoms with Gasteiger partial charge in [-0.2, -0.15) is 0 Å². The summed E-state index contributed by atoms with van der Waals surface area (Å²) in [4.78, 5) is 14.2. The zero-order valence-corrected chi connectivity index (χ0v) is 14.0. The molecule has 0 radical (unpaired) electrons. The molecule has 0 aromatic heterocycles. The zero-order chi connectivity index (χ0) is 16.9. The number of hydrogen-bond donors (Lipinski definition) is 1. The van der Waals surface area contributed by atoms with E-state index in [1.807, 2.05) is 30.3 Å². The largest absolute Gasteiger partial charge is 0.491 e. The minimum absolute atomic E-state index is 0.0519. The lowest BCUT2D eigenvalue weighted by atomic mass is 10.2. The molecule has 1 saturated carbocycles. The molecule has 24 heavy (non-hydrogen) atoms. The number of nitrogens with zero attached hydrogens (tertiary/aromatic N) is 1. The molecule has 4 nitrogen and oxygen atoms in total. The van der Waals surface area contributed by atoms with Gasteiger partial charge >= 0.3 is 0 Å². The van der Waals surface area contributed by atoms with Crippen LogP contribution in [0.5, 0.6) is 5.75 Å². The maximum absolute atomic E-state index is 12.5. The molecule has 0 spiro atoms. The second-order valence-electron chi connectivity index (χ2n) is 5.98. The molecular formula is C19H20ClNO3. The van der Waals surface area contributed by atoms with E-state index in [1.165, 1.54) is 0 Å². The van der Waals surface area contributed by atoms with Crippen LogP contribution in [-0.2, 0) is 4.79 Å². The van der Waals surface area contributed by atoms with E-state index >= 15 is 0 Å². The molecule has 5 heteroatoms. The van der Waals surface area contributed by atoms with Gasteiger partial charge in [-0.15, -0.1) is 0 Å². The number of hydrogen-bond acceptors (Lipinski definition) is 3. The Morgan fingerprint density at radius 2 is 1.83 bits per heavy atom. The number of para-hydroxylation sites is 1. The van der Waals surface area contributed by atoms with Gasteiger partial charge in [0.15, 0.2) is 0 Å². The topological polar surface area (TPSA) is 49.8 Å². The second kappa shape index (κ2) is 7.69. The smallest absolute Gasteiger partial charge is 0.230 e. The third-order valence-electron chi connectivity index (χ3n) is 3.91. The van der Waals surface area contributed by atoms with Gasteiger partial charge in [-0.3, -0.25) is 4.79 Å². The van der Waals surface area contributed by atoms with Crippen LogP contribution < -0.4 is 9.64 Å². The molecule has 1 amide bonds. The Hall–Kier alpha value is -2.04. The van der Waals surface area contributed by atoms with Crippen LogP contribution in [0, 0.1) is 5.92 Å². The van der Waals surface area contributed by atoms with Gasteiger partial charge in [0.2, 0.25) is 5.91 Å². The Morgan fingerprint density at radius 3 is 2.46 bits per heavy atom. The first-order valence-electron chi connectivity index (χ1n) is 8.06. The summed E-state index contributed by atoms with van der Waals surface area (Å²) in [6.45, 7) is 0.329. The van der Waals surface area contributed by atoms with Crippen LogP contribution in [0.1, 0.15) is 12.8 Å². The van der Waals surface area contributed by atoms with Crippen molar-refractivity contribution in [2.24, 2.45) is 5.92 Å². The summed E-state index contributed by atoms with van der Waals surface area (Å²) >= 11 is 5.92. The van der Waals surface area contributed by atoms with Crippen LogP contribution in [0.4, 0.5) is 5.69 Å². The van der Waals surface area contributed by atoms with Gasteiger partial charge in [0.1, 0.15) is 18.5 Å². The monoisotopic (exact) mass is 345 g/mol. The van der Waals surface area contributed by atoms with E-state index in [0.29, 0.717) is 10.8 Å². The highest BCUT2D eigenvalue weighted by Crippen LogP contribution is 2.33. The van der Waals surface area contributed by atoms with Crippen LogP contribution in [0.2, 0.25) is 5.02 Å². The van der Waals surface area contributed by atoms with Gasteiger partial charge in [0, 0.05) is 16.6 Å². The maximum Gasteiger partial charge on any atom is 0.230 e. The second-order valence-corrected chi connectivity index (χ2v) is 6.41. The molecule has 2 aromatic carbocycles. The van der Waals surface area contributed by atoms with Crippen molar-refractivity contribution in [1.29, 1.82) is 0 Å². The van der Waals surface area contributed by atoms with Crippen molar-refractivity contribution in [2.45, 2.75) is 18.9 Å². The summed E-state index contributed by atoms with van der Waals surface area (Å²) < 4.78 is 5.57. The van der Waals surface area contributed by atoms with Crippen LogP contribution in [0.15, 0.2) is 54.6 Å². The maximum atomic E-state index is 12.5. The van der Waals surface area contributed by atoms with E-state index in [1.54, 1.807) is 29.2 Å². The summed E-state index contributed by atoms with van der Waals surface area (Å²) in [5.74, 6) is 0.821. The zero-order valence-electron chi connectivity index (χ0n) is 13.3. The molecule has 1 aliphatic rings. The first-order chi connectivity index (χ1) is 11.6. The van der Waals surface area contributed by atoms with Gasteiger partial charge in [0.25, 0.3) is 0 Å². The highest BCUT2D eigenvalue weighted by atomic mass is 35.5. The van der Waals surface area contributed by atoms with E-state index < -0.39 is 6.10 Å². The molecule has 126 valence electrons. The van der Waals surface area contributed by atoms with Crippen molar-refractivity contribution in [3.05, 3.63) is 59.6 Å². The number of anilines is 1. The van der Waals surface area contributed by atoms with Crippen molar-refractivity contribution in [3.8, 4) is 5.75 Å². The van der Waals surface area contributed by atoms with Crippen molar-refractivity contribution < 1.29 is 14.6 Å². The third kappa shape index (κ3) is 4.49. The molecule has 1 atom stereocenters. The van der Waals surface area contributed by atoms with Crippen molar-refractivity contribution in [2.75, 3.05) is 18.1 Å². The number of ether oxygens (including phenoxy) is 1. The van der Waals surface area contributed by atoms with Crippen LogP contribution in [0.25, 0.3) is 0 Å². The number of aliphatic hydroxyl groups is 1. The van der Waals surface area contributed by atoms with Gasteiger partial charge in [-0.25, -0.2) is 0 Å². The Kier molecular flexibility index (Phi) is 5.38. The lowest BCUT2D eigenvalue weighted by Crippen LogP contribution is -2.40. The van der Waals surface area contributed by atoms with Gasteiger partial charge < -0.3 is 14.7 Å². The van der Waals surface area contributed by atoms with E-state index in [-0.39, 0.29) is 25.0 Å². The highest BCUT2D eigenvalue weighted by Gasteiger charge is 2.34. The number of halogens is 1. The lowest BCUT2D eigenvalue weighted by Gasteiger charge is -2.25. The van der Waals surface area contributed by atoms with Crippen molar-refractivity contribution >= 4 is 23.2 Å². The van der Waals surface area contributed by atoms with E-state index in [4.69, 9.17) is 16.3 Å². The first kappa shape index (κ1) is 16.8. The summed E-state index contributed by atoms with van der Waals surface area (Å²) in [6, 6.07) is 16.4. The molecular weight excluding hydrogens is 326 g/mol. The number of benzene rings is 2. The molecule has 2 aromatic rings. The summed E-state index contributed by atoms with van der Waals surface area (Å²) in [7, 11) is 0. The SMILES string of the molecule is O=C(C1CC1)N(CC(O)COc1ccccc1)c1ccc(Cl)cc1. The fraction of sp³-hybridized carbons (Fsp3) is 0.316. The molecule has 0 heterocycles. The van der Waals surface area contributed by atoms with E-state index in [9.17, 15) is 9.90 Å². The third-order valence-corrected chi connectivity index (χ3v) is 4.16. The number of rotatable bonds is 7. The minimum Gasteiger partial charge on any atom is -0.491 e. The van der Waals surface area contributed by atoms with Crippen LogP contribution in [0.3, 0.4) is 0 Å². The number of aliphatic hydroxyl groups excluding tert-OH is 1. The van der Waals surface area contributed by atoms with Crippen LogP contribution >= 0.6 is 11.6 Å². The van der Waals surface area contributed by atoms with Crippen LogP contribution in [-0.4, -0.2) is 30.3 Å². The molecule has 1 unspecified atom stereocenters. The molecule has 1 fully saturated rings. The van der Waals surface area contributed by atoms with E-state index in [0.717, 1.165) is 18.5 Å². The Morgan fingerprint density at radius 1 is 1.17 bits per heavy atom. The lowest BCUT2D eigenvalue weighted by molar-refractivity contribution is -0.120. The van der Waals surface area contributed by atoms with Gasteiger partial charge in [-0.05, 0) is 49.2 Å². The fourth-order valence-corrected chi connectivity index (χ4v) is 2.59. The van der Waals surface area contributed by atoms with Gasteiger partial charge in [0.05, 0.1) is 6.54 Å². The highest BCUT2D eigenvalue weighted by molar-refractivity contribution is 6.30. The minimum atomic E-state index is -0.774. The molecule has 0 aliphatic heterocycles. The Balaban J connectivity index is 1.64. The molecule has 1 aliphatic carbocycles. The predicted molar refractivity (Wildman–Crippen MR) is 94.5 cm³/mol. The number of carbonyl (C=O) groups excluding carboxylic acids is 1.